The minimum Gasteiger partial charge on any atom is -0.440 e. The van der Waals surface area contributed by atoms with Crippen molar-refractivity contribution >= 4 is 6.09 Å². The lowest BCUT2D eigenvalue weighted by molar-refractivity contribution is -0.160. The zero-order valence-corrected chi connectivity index (χ0v) is 11.6. The summed E-state index contributed by atoms with van der Waals surface area (Å²) in [7, 11) is 0. The van der Waals surface area contributed by atoms with Gasteiger partial charge in [-0.15, -0.1) is 0 Å². The molecule has 8 heteroatoms. The van der Waals surface area contributed by atoms with E-state index in [-0.39, 0.29) is 12.5 Å². The van der Waals surface area contributed by atoms with Crippen LogP contribution in [0.4, 0.5) is 18.0 Å². The molecule has 1 aromatic heterocycles. The summed E-state index contributed by atoms with van der Waals surface area (Å²) in [5, 5.41) is 6.57. The first-order chi connectivity index (χ1) is 9.17. The van der Waals surface area contributed by atoms with Crippen LogP contribution in [0.25, 0.3) is 0 Å². The summed E-state index contributed by atoms with van der Waals surface area (Å²) < 4.78 is 41.3. The van der Waals surface area contributed by atoms with Crippen molar-refractivity contribution in [3.05, 3.63) is 17.5 Å². The predicted molar refractivity (Wildman–Crippen MR) is 66.3 cm³/mol. The van der Waals surface area contributed by atoms with Gasteiger partial charge in [0.15, 0.2) is 6.61 Å². The van der Waals surface area contributed by atoms with E-state index in [4.69, 9.17) is 0 Å². The maximum absolute atomic E-state index is 11.8. The zero-order valence-electron chi connectivity index (χ0n) is 11.6. The molecule has 0 saturated heterocycles. The molecule has 5 nitrogen and oxygen atoms in total. The van der Waals surface area contributed by atoms with Gasteiger partial charge in [0, 0.05) is 18.8 Å². The quantitative estimate of drug-likeness (QED) is 0.907. The summed E-state index contributed by atoms with van der Waals surface area (Å²) in [6, 6.07) is 1.93. The molecule has 1 N–H and O–H groups in total. The number of alkyl halides is 3. The standard InChI is InChI=1S/C12H18F3N3O2/c1-8(6-18-10(3)4-9(2)17-18)5-16-11(19)20-7-12(13,14)15/h4,8H,5-7H2,1-3H3,(H,16,19). The van der Waals surface area contributed by atoms with Crippen molar-refractivity contribution in [2.75, 3.05) is 13.2 Å². The second-order valence-electron chi connectivity index (χ2n) is 4.79. The normalized spacial score (nSPS) is 13.1. The Kier molecular flexibility index (Phi) is 5.41. The van der Waals surface area contributed by atoms with Crippen LogP contribution in [0.5, 0.6) is 0 Å². The minimum atomic E-state index is -4.51. The summed E-state index contributed by atoms with van der Waals surface area (Å²) in [6.07, 6.45) is -5.57. The van der Waals surface area contributed by atoms with Crippen LogP contribution in [0.1, 0.15) is 18.3 Å². The number of aromatic nitrogens is 2. The molecule has 0 radical (unpaired) electrons. The third kappa shape index (κ3) is 5.94. The Labute approximate surface area is 115 Å². The third-order valence-corrected chi connectivity index (χ3v) is 2.55. The van der Waals surface area contributed by atoms with Crippen LogP contribution >= 0.6 is 0 Å². The molecule has 1 aromatic rings. The Morgan fingerprint density at radius 3 is 2.65 bits per heavy atom. The monoisotopic (exact) mass is 293 g/mol. The Morgan fingerprint density at radius 2 is 2.15 bits per heavy atom. The van der Waals surface area contributed by atoms with Gasteiger partial charge in [-0.25, -0.2) is 4.79 Å². The highest BCUT2D eigenvalue weighted by atomic mass is 19.4. The molecule has 0 aliphatic carbocycles. The summed E-state index contributed by atoms with van der Waals surface area (Å²) in [6.45, 7) is 4.86. The van der Waals surface area contributed by atoms with Gasteiger partial charge in [0.2, 0.25) is 0 Å². The van der Waals surface area contributed by atoms with Gasteiger partial charge in [0.25, 0.3) is 0 Å². The van der Waals surface area contributed by atoms with E-state index in [1.54, 1.807) is 4.68 Å². The van der Waals surface area contributed by atoms with Gasteiger partial charge in [-0.05, 0) is 25.8 Å². The van der Waals surface area contributed by atoms with Gasteiger partial charge in [0.1, 0.15) is 0 Å². The zero-order chi connectivity index (χ0) is 15.3. The van der Waals surface area contributed by atoms with E-state index < -0.39 is 18.9 Å². The van der Waals surface area contributed by atoms with E-state index in [0.29, 0.717) is 6.54 Å². The van der Waals surface area contributed by atoms with Crippen LogP contribution in [0.15, 0.2) is 6.07 Å². The highest BCUT2D eigenvalue weighted by molar-refractivity contribution is 5.67. The molecule has 0 saturated carbocycles. The summed E-state index contributed by atoms with van der Waals surface area (Å²) >= 11 is 0. The fourth-order valence-electron chi connectivity index (χ4n) is 1.68. The molecule has 0 aromatic carbocycles. The molecular formula is C12H18F3N3O2. The number of nitrogens with zero attached hydrogens (tertiary/aromatic N) is 2. The second-order valence-corrected chi connectivity index (χ2v) is 4.79. The molecule has 114 valence electrons. The van der Waals surface area contributed by atoms with Crippen LogP contribution in [-0.2, 0) is 11.3 Å². The van der Waals surface area contributed by atoms with E-state index >= 15 is 0 Å². The van der Waals surface area contributed by atoms with E-state index in [1.165, 1.54) is 0 Å². The summed E-state index contributed by atoms with van der Waals surface area (Å²) in [5.41, 5.74) is 1.89. The highest BCUT2D eigenvalue weighted by Gasteiger charge is 2.29. The first-order valence-corrected chi connectivity index (χ1v) is 6.16. The first-order valence-electron chi connectivity index (χ1n) is 6.16. The van der Waals surface area contributed by atoms with Crippen molar-refractivity contribution < 1.29 is 22.7 Å². The lowest BCUT2D eigenvalue weighted by Crippen LogP contribution is -2.33. The Balaban J connectivity index is 2.31. The van der Waals surface area contributed by atoms with Crippen molar-refractivity contribution in [1.29, 1.82) is 0 Å². The number of hydrogen-bond donors (Lipinski definition) is 1. The first kappa shape index (κ1) is 16.3. The van der Waals surface area contributed by atoms with Gasteiger partial charge in [-0.3, -0.25) is 4.68 Å². The molecule has 1 heterocycles. The van der Waals surface area contributed by atoms with Gasteiger partial charge in [0.05, 0.1) is 5.69 Å². The van der Waals surface area contributed by atoms with Crippen molar-refractivity contribution in [3.8, 4) is 0 Å². The van der Waals surface area contributed by atoms with Crippen LogP contribution in [-0.4, -0.2) is 35.2 Å². The van der Waals surface area contributed by atoms with Crippen LogP contribution in [0, 0.1) is 19.8 Å². The van der Waals surface area contributed by atoms with E-state index in [1.807, 2.05) is 26.8 Å². The Bertz CT molecular complexity index is 457. The number of carbonyl (C=O) groups is 1. The van der Waals surface area contributed by atoms with Gasteiger partial charge in [-0.2, -0.15) is 18.3 Å². The number of alkyl carbamates (subject to hydrolysis) is 1. The average Bonchev–Trinajstić information content (AvgIpc) is 2.61. The highest BCUT2D eigenvalue weighted by Crippen LogP contribution is 2.14. The number of nitrogens with one attached hydrogen (secondary N) is 1. The fourth-order valence-corrected chi connectivity index (χ4v) is 1.68. The molecule has 1 unspecified atom stereocenters. The minimum absolute atomic E-state index is 0.0198. The van der Waals surface area contributed by atoms with Crippen LogP contribution in [0.3, 0.4) is 0 Å². The lowest BCUT2D eigenvalue weighted by Gasteiger charge is -2.14. The molecule has 0 spiro atoms. The topological polar surface area (TPSA) is 56.2 Å². The summed E-state index contributed by atoms with van der Waals surface area (Å²) in [4.78, 5) is 11.1. The van der Waals surface area contributed by atoms with Crippen LogP contribution in [0.2, 0.25) is 0 Å². The molecule has 1 amide bonds. The number of carbonyl (C=O) groups excluding carboxylic acids is 1. The smallest absolute Gasteiger partial charge is 0.422 e. The Hall–Kier alpha value is -1.73. The van der Waals surface area contributed by atoms with Crippen molar-refractivity contribution in [1.82, 2.24) is 15.1 Å². The second kappa shape index (κ2) is 6.62. The largest absolute Gasteiger partial charge is 0.440 e. The molecular weight excluding hydrogens is 275 g/mol. The van der Waals surface area contributed by atoms with Crippen LogP contribution < -0.4 is 5.32 Å². The van der Waals surface area contributed by atoms with Gasteiger partial charge in [-0.1, -0.05) is 6.92 Å². The SMILES string of the molecule is Cc1cc(C)n(CC(C)CNC(=O)OCC(F)(F)F)n1. The molecule has 0 fully saturated rings. The van der Waals surface area contributed by atoms with Gasteiger partial charge >= 0.3 is 12.3 Å². The molecule has 0 aliphatic rings. The van der Waals surface area contributed by atoms with E-state index in [0.717, 1.165) is 11.4 Å². The summed E-state index contributed by atoms with van der Waals surface area (Å²) in [5.74, 6) is 0.0198. The maximum Gasteiger partial charge on any atom is 0.422 e. The number of ether oxygens (including phenoxy) is 1. The molecule has 0 aliphatic heterocycles. The van der Waals surface area contributed by atoms with E-state index in [2.05, 4.69) is 15.2 Å². The fraction of sp³-hybridized carbons (Fsp3) is 0.667. The number of amides is 1. The molecule has 1 rings (SSSR count). The third-order valence-electron chi connectivity index (χ3n) is 2.55. The lowest BCUT2D eigenvalue weighted by atomic mass is 10.2. The Morgan fingerprint density at radius 1 is 1.50 bits per heavy atom. The molecule has 1 atom stereocenters. The van der Waals surface area contributed by atoms with Crippen molar-refractivity contribution in [2.24, 2.45) is 5.92 Å². The number of hydrogen-bond acceptors (Lipinski definition) is 3. The molecule has 0 bridgehead atoms. The van der Waals surface area contributed by atoms with E-state index in [9.17, 15) is 18.0 Å². The van der Waals surface area contributed by atoms with Crippen molar-refractivity contribution in [3.63, 3.8) is 0 Å². The number of aryl methyl sites for hydroxylation is 2. The number of rotatable bonds is 5. The van der Waals surface area contributed by atoms with Gasteiger partial charge < -0.3 is 10.1 Å². The molecule has 20 heavy (non-hydrogen) atoms. The average molecular weight is 293 g/mol. The predicted octanol–water partition coefficient (Wildman–Crippen LogP) is 2.42. The number of halogens is 3. The maximum atomic E-state index is 11.8. The van der Waals surface area contributed by atoms with Crippen molar-refractivity contribution in [2.45, 2.75) is 33.5 Å².